The molecule has 1 N–H and O–H groups in total. The predicted molar refractivity (Wildman–Crippen MR) is 80.9 cm³/mol. The highest BCUT2D eigenvalue weighted by Crippen LogP contribution is 2.08. The number of carbonyl (C=O) groups is 1. The highest BCUT2D eigenvalue weighted by atomic mass is 16.2. The molecule has 0 unspecified atom stereocenters. The number of H-pyrrole nitrogens is 1. The average molecular weight is 287 g/mol. The summed E-state index contributed by atoms with van der Waals surface area (Å²) < 4.78 is 0. The molecule has 112 valence electrons. The van der Waals surface area contributed by atoms with Gasteiger partial charge >= 0.3 is 0 Å². The molecule has 6 heteroatoms. The molecule has 0 atom stereocenters. The van der Waals surface area contributed by atoms with Gasteiger partial charge in [-0.3, -0.25) is 9.89 Å². The standard InChI is InChI=1S/C15H21N5O/c1-12-16-14(18-17-12)15(21)20(10-9-19(2)3)11-13-7-5-4-6-8-13/h4-8H,9-11H2,1-3H3,(H,16,17,18). The summed E-state index contributed by atoms with van der Waals surface area (Å²) in [6.07, 6.45) is 0. The fraction of sp³-hybridized carbons (Fsp3) is 0.400. The summed E-state index contributed by atoms with van der Waals surface area (Å²) >= 11 is 0. The van der Waals surface area contributed by atoms with Crippen LogP contribution in [0.5, 0.6) is 0 Å². The first-order valence-corrected chi connectivity index (χ1v) is 6.93. The lowest BCUT2D eigenvalue weighted by Gasteiger charge is -2.23. The number of aryl methyl sites for hydroxylation is 1. The van der Waals surface area contributed by atoms with Gasteiger partial charge in [0, 0.05) is 19.6 Å². The molecule has 0 spiro atoms. The van der Waals surface area contributed by atoms with E-state index in [0.717, 1.165) is 12.1 Å². The molecule has 0 fully saturated rings. The van der Waals surface area contributed by atoms with Gasteiger partial charge in [0.05, 0.1) is 0 Å². The van der Waals surface area contributed by atoms with Gasteiger partial charge in [-0.25, -0.2) is 4.98 Å². The molecule has 0 radical (unpaired) electrons. The number of nitrogens with zero attached hydrogens (tertiary/aromatic N) is 4. The monoisotopic (exact) mass is 287 g/mol. The number of amides is 1. The fourth-order valence-electron chi connectivity index (χ4n) is 1.96. The minimum absolute atomic E-state index is 0.148. The Morgan fingerprint density at radius 2 is 1.90 bits per heavy atom. The van der Waals surface area contributed by atoms with E-state index in [1.807, 2.05) is 44.4 Å². The van der Waals surface area contributed by atoms with Crippen molar-refractivity contribution in [3.8, 4) is 0 Å². The van der Waals surface area contributed by atoms with Gasteiger partial charge in [-0.05, 0) is 26.6 Å². The molecule has 21 heavy (non-hydrogen) atoms. The Hall–Kier alpha value is -2.21. The van der Waals surface area contributed by atoms with Crippen LogP contribution in [0.2, 0.25) is 0 Å². The summed E-state index contributed by atoms with van der Waals surface area (Å²) in [6, 6.07) is 9.94. The summed E-state index contributed by atoms with van der Waals surface area (Å²) in [5.41, 5.74) is 1.09. The first-order chi connectivity index (χ1) is 10.1. The van der Waals surface area contributed by atoms with Gasteiger partial charge in [-0.2, -0.15) is 0 Å². The second kappa shape index (κ2) is 6.99. The smallest absolute Gasteiger partial charge is 0.293 e. The van der Waals surface area contributed by atoms with Gasteiger partial charge in [0.25, 0.3) is 5.91 Å². The van der Waals surface area contributed by atoms with Crippen LogP contribution in [-0.2, 0) is 6.54 Å². The number of nitrogens with one attached hydrogen (secondary N) is 1. The van der Waals surface area contributed by atoms with Crippen molar-refractivity contribution in [2.45, 2.75) is 13.5 Å². The van der Waals surface area contributed by atoms with E-state index in [1.165, 1.54) is 0 Å². The van der Waals surface area contributed by atoms with E-state index >= 15 is 0 Å². The highest BCUT2D eigenvalue weighted by molar-refractivity contribution is 5.90. The van der Waals surface area contributed by atoms with Crippen LogP contribution in [-0.4, -0.2) is 58.1 Å². The first-order valence-electron chi connectivity index (χ1n) is 6.93. The largest absolute Gasteiger partial charge is 0.330 e. The van der Waals surface area contributed by atoms with Crippen molar-refractivity contribution in [3.05, 3.63) is 47.5 Å². The van der Waals surface area contributed by atoms with Crippen LogP contribution in [0.4, 0.5) is 0 Å². The zero-order valence-electron chi connectivity index (χ0n) is 12.7. The van der Waals surface area contributed by atoms with Gasteiger partial charge < -0.3 is 9.80 Å². The maximum Gasteiger partial charge on any atom is 0.293 e. The second-order valence-corrected chi connectivity index (χ2v) is 5.26. The van der Waals surface area contributed by atoms with E-state index < -0.39 is 0 Å². The molecule has 0 aliphatic heterocycles. The quantitative estimate of drug-likeness (QED) is 0.870. The molecule has 1 aromatic carbocycles. The van der Waals surface area contributed by atoms with Crippen LogP contribution in [0.15, 0.2) is 30.3 Å². The molecule has 1 aromatic heterocycles. The lowest BCUT2D eigenvalue weighted by Crippen LogP contribution is -2.36. The number of hydrogen-bond acceptors (Lipinski definition) is 4. The van der Waals surface area contributed by atoms with Crippen molar-refractivity contribution in [1.29, 1.82) is 0 Å². The second-order valence-electron chi connectivity index (χ2n) is 5.26. The van der Waals surface area contributed by atoms with Gasteiger partial charge in [-0.1, -0.05) is 30.3 Å². The molecule has 2 rings (SSSR count). The van der Waals surface area contributed by atoms with Crippen molar-refractivity contribution in [3.63, 3.8) is 0 Å². The van der Waals surface area contributed by atoms with Crippen LogP contribution in [0.25, 0.3) is 0 Å². The molecule has 6 nitrogen and oxygen atoms in total. The lowest BCUT2D eigenvalue weighted by atomic mass is 10.2. The third kappa shape index (κ3) is 4.39. The molecule has 1 amide bonds. The Morgan fingerprint density at radius 1 is 1.19 bits per heavy atom. The van der Waals surface area contributed by atoms with E-state index in [0.29, 0.717) is 18.9 Å². The normalized spacial score (nSPS) is 10.9. The number of likely N-dealkylation sites (N-methyl/N-ethyl adjacent to an activating group) is 1. The van der Waals surface area contributed by atoms with E-state index in [4.69, 9.17) is 0 Å². The minimum Gasteiger partial charge on any atom is -0.330 e. The lowest BCUT2D eigenvalue weighted by molar-refractivity contribution is 0.0720. The highest BCUT2D eigenvalue weighted by Gasteiger charge is 2.20. The summed E-state index contributed by atoms with van der Waals surface area (Å²) in [5.74, 6) is 0.720. The van der Waals surface area contributed by atoms with E-state index in [2.05, 4.69) is 20.1 Å². The van der Waals surface area contributed by atoms with Crippen molar-refractivity contribution in [1.82, 2.24) is 25.0 Å². The van der Waals surface area contributed by atoms with Crippen LogP contribution >= 0.6 is 0 Å². The van der Waals surface area contributed by atoms with Crippen LogP contribution in [0.1, 0.15) is 22.0 Å². The Morgan fingerprint density at radius 3 is 2.48 bits per heavy atom. The molecule has 2 aromatic rings. The molecule has 0 saturated carbocycles. The van der Waals surface area contributed by atoms with Crippen LogP contribution in [0.3, 0.4) is 0 Å². The number of carbonyl (C=O) groups excluding carboxylic acids is 1. The van der Waals surface area contributed by atoms with Crippen molar-refractivity contribution in [2.24, 2.45) is 0 Å². The zero-order chi connectivity index (χ0) is 15.2. The molecular formula is C15H21N5O. The fourth-order valence-corrected chi connectivity index (χ4v) is 1.96. The Kier molecular flexibility index (Phi) is 5.05. The van der Waals surface area contributed by atoms with Crippen LogP contribution in [0, 0.1) is 6.92 Å². The third-order valence-electron chi connectivity index (χ3n) is 3.11. The summed E-state index contributed by atoms with van der Waals surface area (Å²) in [4.78, 5) is 20.5. The van der Waals surface area contributed by atoms with E-state index in [9.17, 15) is 4.79 Å². The Balaban J connectivity index is 2.13. The van der Waals surface area contributed by atoms with Crippen molar-refractivity contribution >= 4 is 5.91 Å². The molecule has 0 aliphatic carbocycles. The van der Waals surface area contributed by atoms with Crippen LogP contribution < -0.4 is 0 Å². The number of hydrogen-bond donors (Lipinski definition) is 1. The van der Waals surface area contributed by atoms with Gasteiger partial charge in [0.15, 0.2) is 0 Å². The number of benzene rings is 1. The SMILES string of the molecule is Cc1nc(C(=O)N(CCN(C)C)Cc2ccccc2)n[nH]1. The zero-order valence-corrected chi connectivity index (χ0v) is 12.7. The average Bonchev–Trinajstić information content (AvgIpc) is 2.90. The number of aromatic nitrogens is 3. The number of aromatic amines is 1. The topological polar surface area (TPSA) is 65.1 Å². The van der Waals surface area contributed by atoms with Gasteiger partial charge in [-0.15, -0.1) is 5.10 Å². The maximum atomic E-state index is 12.5. The van der Waals surface area contributed by atoms with E-state index in [1.54, 1.807) is 11.8 Å². The molecular weight excluding hydrogens is 266 g/mol. The summed E-state index contributed by atoms with van der Waals surface area (Å²) in [7, 11) is 3.98. The maximum absolute atomic E-state index is 12.5. The predicted octanol–water partition coefficient (Wildman–Crippen LogP) is 1.32. The Bertz CT molecular complexity index is 579. The molecule has 1 heterocycles. The Labute approximate surface area is 124 Å². The molecule has 0 saturated heterocycles. The molecule has 0 bridgehead atoms. The van der Waals surface area contributed by atoms with Gasteiger partial charge in [0.2, 0.25) is 5.82 Å². The minimum atomic E-state index is -0.148. The van der Waals surface area contributed by atoms with Crippen molar-refractivity contribution < 1.29 is 4.79 Å². The van der Waals surface area contributed by atoms with Gasteiger partial charge in [0.1, 0.15) is 5.82 Å². The summed E-state index contributed by atoms with van der Waals surface area (Å²) in [6.45, 7) is 3.77. The van der Waals surface area contributed by atoms with Crippen molar-refractivity contribution in [2.75, 3.05) is 27.2 Å². The molecule has 0 aliphatic rings. The summed E-state index contributed by atoms with van der Waals surface area (Å²) in [5, 5.41) is 6.68. The third-order valence-corrected chi connectivity index (χ3v) is 3.11. The first kappa shape index (κ1) is 15.2. The number of rotatable bonds is 6. The van der Waals surface area contributed by atoms with E-state index in [-0.39, 0.29) is 11.7 Å².